The number of rotatable bonds is 5. The molecule has 5 aromatic rings. The van der Waals surface area contributed by atoms with E-state index in [1.165, 1.54) is 12.3 Å². The lowest BCUT2D eigenvalue weighted by Gasteiger charge is -2.20. The first-order chi connectivity index (χ1) is 18.5. The van der Waals surface area contributed by atoms with E-state index in [0.717, 1.165) is 71.4 Å². The van der Waals surface area contributed by atoms with Crippen molar-refractivity contribution in [3.63, 3.8) is 0 Å². The van der Waals surface area contributed by atoms with Gasteiger partial charge in [0.2, 0.25) is 0 Å². The summed E-state index contributed by atoms with van der Waals surface area (Å²) in [6, 6.07) is 27.9. The Hall–Kier alpha value is -4.39. The van der Waals surface area contributed by atoms with Crippen molar-refractivity contribution in [2.45, 2.75) is 19.0 Å². The van der Waals surface area contributed by atoms with Gasteiger partial charge in [-0.25, -0.2) is 4.98 Å². The molecule has 0 bridgehead atoms. The largest absolute Gasteiger partial charge is 0.416 e. The van der Waals surface area contributed by atoms with Crippen LogP contribution in [0.1, 0.15) is 24.2 Å². The molecule has 0 radical (unpaired) electrons. The minimum absolute atomic E-state index is 0.286. The van der Waals surface area contributed by atoms with Crippen molar-refractivity contribution in [3.8, 4) is 22.3 Å². The monoisotopic (exact) mass is 510 g/mol. The van der Waals surface area contributed by atoms with Crippen molar-refractivity contribution < 1.29 is 13.2 Å². The molecule has 38 heavy (non-hydrogen) atoms. The summed E-state index contributed by atoms with van der Waals surface area (Å²) in [6.45, 7) is 1.61. The molecule has 1 saturated heterocycles. The highest BCUT2D eigenvalue weighted by Gasteiger charge is 2.31. The number of imidazole rings is 1. The molecule has 4 nitrogen and oxygen atoms in total. The van der Waals surface area contributed by atoms with E-state index in [-0.39, 0.29) is 5.69 Å². The van der Waals surface area contributed by atoms with Gasteiger partial charge in [0.15, 0.2) is 0 Å². The van der Waals surface area contributed by atoms with E-state index in [9.17, 15) is 13.2 Å². The fourth-order valence-corrected chi connectivity index (χ4v) is 5.04. The van der Waals surface area contributed by atoms with Crippen molar-refractivity contribution in [2.24, 2.45) is 4.99 Å². The van der Waals surface area contributed by atoms with Gasteiger partial charge in [-0.1, -0.05) is 72.8 Å². The lowest BCUT2D eigenvalue weighted by molar-refractivity contribution is -0.137. The van der Waals surface area contributed by atoms with Crippen LogP contribution < -0.4 is 4.90 Å². The number of halogens is 3. The highest BCUT2D eigenvalue weighted by atomic mass is 19.4. The molecule has 1 aliphatic heterocycles. The standard InChI is InChI=1S/C31H25F3N4/c32-31(33,34)23-13-16-27(38-17-7-8-18-38)26(19-23)35-20-28-36-29-24(21-9-3-1-4-10-21)14-15-25(30(29)37-28)22-11-5-2-6-12-22/h1-6,9-16,19-20H,7-8,17-18H2,(H,36,37)/b35-20+. The first-order valence-electron chi connectivity index (χ1n) is 12.6. The smallest absolute Gasteiger partial charge is 0.370 e. The number of H-pyrrole nitrogens is 1. The predicted octanol–water partition coefficient (Wildman–Crippen LogP) is 8.27. The zero-order valence-corrected chi connectivity index (χ0v) is 20.5. The van der Waals surface area contributed by atoms with E-state index in [0.29, 0.717) is 11.5 Å². The minimum atomic E-state index is -4.44. The number of nitrogens with zero attached hydrogens (tertiary/aromatic N) is 3. The maximum absolute atomic E-state index is 13.5. The van der Waals surface area contributed by atoms with Crippen molar-refractivity contribution in [3.05, 3.63) is 102 Å². The van der Waals surface area contributed by atoms with Gasteiger partial charge in [0.1, 0.15) is 5.82 Å². The molecular weight excluding hydrogens is 485 g/mol. The average Bonchev–Trinajstić information content (AvgIpc) is 3.62. The predicted molar refractivity (Wildman–Crippen MR) is 147 cm³/mol. The molecular formula is C31H25F3N4. The van der Waals surface area contributed by atoms with Gasteiger partial charge in [-0.05, 0) is 42.2 Å². The molecule has 190 valence electrons. The second-order valence-electron chi connectivity index (χ2n) is 9.39. The molecule has 1 aromatic heterocycles. The van der Waals surface area contributed by atoms with E-state index in [1.54, 1.807) is 0 Å². The SMILES string of the molecule is FC(F)(F)c1ccc(N2CCCC2)c(/N=C/c2nc3c(-c4ccccc4)ccc(-c4ccccc4)c3[nH]2)c1. The Morgan fingerprint density at radius 1 is 0.789 bits per heavy atom. The maximum Gasteiger partial charge on any atom is 0.416 e. The number of alkyl halides is 3. The minimum Gasteiger partial charge on any atom is -0.370 e. The number of nitrogens with one attached hydrogen (secondary N) is 1. The Balaban J connectivity index is 1.47. The van der Waals surface area contributed by atoms with E-state index in [2.05, 4.69) is 27.0 Å². The van der Waals surface area contributed by atoms with Crippen LogP contribution in [0.25, 0.3) is 33.3 Å². The number of hydrogen-bond acceptors (Lipinski definition) is 3. The third-order valence-corrected chi connectivity index (χ3v) is 6.91. The molecule has 0 spiro atoms. The summed E-state index contributed by atoms with van der Waals surface area (Å²) in [4.78, 5) is 14.9. The number of aromatic amines is 1. The van der Waals surface area contributed by atoms with Crippen LogP contribution in [0.5, 0.6) is 0 Å². The van der Waals surface area contributed by atoms with Gasteiger partial charge in [-0.2, -0.15) is 13.2 Å². The molecule has 1 N–H and O–H groups in total. The van der Waals surface area contributed by atoms with Gasteiger partial charge >= 0.3 is 6.18 Å². The van der Waals surface area contributed by atoms with Crippen molar-refractivity contribution in [2.75, 3.05) is 18.0 Å². The van der Waals surface area contributed by atoms with Crippen LogP contribution in [0.4, 0.5) is 24.5 Å². The van der Waals surface area contributed by atoms with E-state index in [1.807, 2.05) is 60.7 Å². The Morgan fingerprint density at radius 3 is 2.08 bits per heavy atom. The lowest BCUT2D eigenvalue weighted by atomic mass is 9.98. The highest BCUT2D eigenvalue weighted by Crippen LogP contribution is 2.38. The molecule has 0 atom stereocenters. The summed E-state index contributed by atoms with van der Waals surface area (Å²) in [5.41, 5.74) is 5.93. The average molecular weight is 511 g/mol. The molecule has 0 aliphatic carbocycles. The van der Waals surface area contributed by atoms with Crippen LogP contribution in [0.15, 0.2) is 96.0 Å². The molecule has 1 aliphatic rings. The van der Waals surface area contributed by atoms with Gasteiger partial charge in [0.05, 0.1) is 34.2 Å². The summed E-state index contributed by atoms with van der Waals surface area (Å²) in [7, 11) is 0. The molecule has 1 fully saturated rings. The Morgan fingerprint density at radius 2 is 1.42 bits per heavy atom. The number of hydrogen-bond donors (Lipinski definition) is 1. The van der Waals surface area contributed by atoms with Crippen LogP contribution in [-0.4, -0.2) is 29.3 Å². The third-order valence-electron chi connectivity index (χ3n) is 6.91. The first-order valence-corrected chi connectivity index (χ1v) is 12.6. The third kappa shape index (κ3) is 4.67. The Kier molecular flexibility index (Phi) is 6.19. The van der Waals surface area contributed by atoms with Gasteiger partial charge in [-0.3, -0.25) is 4.99 Å². The van der Waals surface area contributed by atoms with Crippen molar-refractivity contribution >= 4 is 28.6 Å². The molecule has 0 amide bonds. The Labute approximate surface area is 218 Å². The number of benzene rings is 4. The quantitative estimate of drug-likeness (QED) is 0.242. The number of aliphatic imine (C=N–C) groups is 1. The summed E-state index contributed by atoms with van der Waals surface area (Å²) in [6.07, 6.45) is -0.891. The summed E-state index contributed by atoms with van der Waals surface area (Å²) in [5.74, 6) is 0.477. The summed E-state index contributed by atoms with van der Waals surface area (Å²) >= 11 is 0. The van der Waals surface area contributed by atoms with Gasteiger partial charge in [0, 0.05) is 24.2 Å². The van der Waals surface area contributed by atoms with E-state index in [4.69, 9.17) is 4.98 Å². The second kappa shape index (κ2) is 9.82. The zero-order chi connectivity index (χ0) is 26.1. The molecule has 0 unspecified atom stereocenters. The van der Waals surface area contributed by atoms with E-state index >= 15 is 0 Å². The molecule has 6 rings (SSSR count). The molecule has 2 heterocycles. The Bertz CT molecular complexity index is 1520. The van der Waals surface area contributed by atoms with Crippen LogP contribution in [0, 0.1) is 0 Å². The zero-order valence-electron chi connectivity index (χ0n) is 20.5. The van der Waals surface area contributed by atoms with Crippen LogP contribution in [0.3, 0.4) is 0 Å². The normalized spacial score (nSPS) is 14.1. The van der Waals surface area contributed by atoms with E-state index < -0.39 is 11.7 Å². The van der Waals surface area contributed by atoms with Crippen LogP contribution in [-0.2, 0) is 6.18 Å². The first kappa shape index (κ1) is 24.0. The topological polar surface area (TPSA) is 44.3 Å². The lowest BCUT2D eigenvalue weighted by Crippen LogP contribution is -2.18. The van der Waals surface area contributed by atoms with Crippen molar-refractivity contribution in [1.82, 2.24) is 9.97 Å². The summed E-state index contributed by atoms with van der Waals surface area (Å²) in [5, 5.41) is 0. The highest BCUT2D eigenvalue weighted by molar-refractivity contribution is 6.02. The molecule has 7 heteroatoms. The fraction of sp³-hybridized carbons (Fsp3) is 0.161. The van der Waals surface area contributed by atoms with Gasteiger partial charge in [-0.15, -0.1) is 0 Å². The van der Waals surface area contributed by atoms with Crippen LogP contribution >= 0.6 is 0 Å². The fourth-order valence-electron chi connectivity index (χ4n) is 5.04. The maximum atomic E-state index is 13.5. The number of aromatic nitrogens is 2. The molecule has 0 saturated carbocycles. The van der Waals surface area contributed by atoms with Gasteiger partial charge < -0.3 is 9.88 Å². The number of anilines is 1. The van der Waals surface area contributed by atoms with Crippen LogP contribution in [0.2, 0.25) is 0 Å². The number of fused-ring (bicyclic) bond motifs is 1. The second-order valence-corrected chi connectivity index (χ2v) is 9.39. The summed E-state index contributed by atoms with van der Waals surface area (Å²) < 4.78 is 40.5. The van der Waals surface area contributed by atoms with Crippen molar-refractivity contribution in [1.29, 1.82) is 0 Å². The molecule has 4 aromatic carbocycles. The van der Waals surface area contributed by atoms with Gasteiger partial charge in [0.25, 0.3) is 0 Å².